The number of aryl methyl sites for hydroxylation is 1. The van der Waals surface area contributed by atoms with E-state index in [1.165, 1.54) is 12.1 Å². The fourth-order valence-electron chi connectivity index (χ4n) is 1.87. The van der Waals surface area contributed by atoms with Crippen LogP contribution >= 0.6 is 0 Å². The highest BCUT2D eigenvalue weighted by Crippen LogP contribution is 2.19. The van der Waals surface area contributed by atoms with Gasteiger partial charge in [-0.2, -0.15) is 5.10 Å². The molecule has 0 saturated carbocycles. The Morgan fingerprint density at radius 1 is 1.19 bits per heavy atom. The van der Waals surface area contributed by atoms with Crippen molar-refractivity contribution < 1.29 is 15.0 Å². The third kappa shape index (κ3) is 3.60. The van der Waals surface area contributed by atoms with Gasteiger partial charge in [0.15, 0.2) is 0 Å². The van der Waals surface area contributed by atoms with Crippen molar-refractivity contribution in [3.63, 3.8) is 0 Å². The molecule has 0 radical (unpaired) electrons. The SMILES string of the molecule is CC(=NNc1cccc(C(=O)O)c1)c1cc(C)ccc1O. The van der Waals surface area contributed by atoms with Crippen molar-refractivity contribution in [3.05, 3.63) is 59.2 Å². The fourth-order valence-corrected chi connectivity index (χ4v) is 1.87. The molecule has 0 aliphatic carbocycles. The van der Waals surface area contributed by atoms with E-state index < -0.39 is 5.97 Å². The molecule has 0 aliphatic heterocycles. The lowest BCUT2D eigenvalue weighted by Gasteiger charge is -2.07. The summed E-state index contributed by atoms with van der Waals surface area (Å²) in [4.78, 5) is 10.9. The summed E-state index contributed by atoms with van der Waals surface area (Å²) in [5.41, 5.74) is 5.82. The number of anilines is 1. The first-order valence-corrected chi connectivity index (χ1v) is 6.41. The van der Waals surface area contributed by atoms with Gasteiger partial charge in [-0.15, -0.1) is 0 Å². The summed E-state index contributed by atoms with van der Waals surface area (Å²) in [7, 11) is 0. The van der Waals surface area contributed by atoms with Crippen LogP contribution in [0.1, 0.15) is 28.4 Å². The Labute approximate surface area is 122 Å². The predicted octanol–water partition coefficient (Wildman–Crippen LogP) is 3.23. The van der Waals surface area contributed by atoms with Crippen LogP contribution < -0.4 is 5.43 Å². The number of phenolic OH excluding ortho intramolecular Hbond substituents is 1. The van der Waals surface area contributed by atoms with Gasteiger partial charge in [-0.1, -0.05) is 17.7 Å². The zero-order chi connectivity index (χ0) is 15.4. The van der Waals surface area contributed by atoms with Crippen LogP contribution in [0.15, 0.2) is 47.6 Å². The van der Waals surface area contributed by atoms with Crippen LogP contribution in [0.4, 0.5) is 5.69 Å². The lowest BCUT2D eigenvalue weighted by Crippen LogP contribution is -2.02. The summed E-state index contributed by atoms with van der Waals surface area (Å²) >= 11 is 0. The van der Waals surface area contributed by atoms with Crippen molar-refractivity contribution >= 4 is 17.4 Å². The molecule has 2 aromatic rings. The minimum atomic E-state index is -0.990. The molecule has 2 aromatic carbocycles. The molecule has 0 amide bonds. The molecular weight excluding hydrogens is 268 g/mol. The van der Waals surface area contributed by atoms with E-state index in [1.807, 2.05) is 19.1 Å². The highest BCUT2D eigenvalue weighted by Gasteiger charge is 2.06. The Morgan fingerprint density at radius 2 is 1.95 bits per heavy atom. The number of carboxylic acid groups (broad SMARTS) is 1. The van der Waals surface area contributed by atoms with E-state index in [4.69, 9.17) is 5.11 Å². The van der Waals surface area contributed by atoms with Crippen LogP contribution in [0, 0.1) is 6.92 Å². The Bertz CT molecular complexity index is 708. The summed E-state index contributed by atoms with van der Waals surface area (Å²) in [5.74, 6) is -0.835. The van der Waals surface area contributed by atoms with Crippen molar-refractivity contribution in [2.75, 3.05) is 5.43 Å². The smallest absolute Gasteiger partial charge is 0.335 e. The van der Waals surface area contributed by atoms with Gasteiger partial charge < -0.3 is 10.2 Å². The molecule has 0 unspecified atom stereocenters. The zero-order valence-corrected chi connectivity index (χ0v) is 11.8. The van der Waals surface area contributed by atoms with Crippen LogP contribution in [0.2, 0.25) is 0 Å². The molecule has 0 heterocycles. The topological polar surface area (TPSA) is 81.9 Å². The summed E-state index contributed by atoms with van der Waals surface area (Å²) in [6.07, 6.45) is 0. The molecule has 5 heteroatoms. The first-order chi connectivity index (χ1) is 9.97. The fraction of sp³-hybridized carbons (Fsp3) is 0.125. The maximum Gasteiger partial charge on any atom is 0.335 e. The van der Waals surface area contributed by atoms with Crippen LogP contribution in [-0.2, 0) is 0 Å². The van der Waals surface area contributed by atoms with Crippen molar-refractivity contribution in [3.8, 4) is 5.75 Å². The van der Waals surface area contributed by atoms with E-state index in [9.17, 15) is 9.90 Å². The molecule has 21 heavy (non-hydrogen) atoms. The minimum Gasteiger partial charge on any atom is -0.507 e. The van der Waals surface area contributed by atoms with Gasteiger partial charge >= 0.3 is 5.97 Å². The van der Waals surface area contributed by atoms with Gasteiger partial charge in [0.05, 0.1) is 17.0 Å². The van der Waals surface area contributed by atoms with E-state index in [1.54, 1.807) is 25.1 Å². The summed E-state index contributed by atoms with van der Waals surface area (Å²) in [6.45, 7) is 3.70. The second-order valence-electron chi connectivity index (χ2n) is 4.72. The molecule has 3 N–H and O–H groups in total. The van der Waals surface area contributed by atoms with E-state index in [0.717, 1.165) is 5.56 Å². The van der Waals surface area contributed by atoms with Crippen molar-refractivity contribution in [1.82, 2.24) is 0 Å². The number of rotatable bonds is 4. The van der Waals surface area contributed by atoms with Gasteiger partial charge in [0, 0.05) is 5.56 Å². The van der Waals surface area contributed by atoms with Gasteiger partial charge in [-0.05, 0) is 44.2 Å². The van der Waals surface area contributed by atoms with Gasteiger partial charge in [0.2, 0.25) is 0 Å². The second-order valence-corrected chi connectivity index (χ2v) is 4.72. The Kier molecular flexibility index (Phi) is 4.23. The first kappa shape index (κ1) is 14.6. The third-order valence-corrected chi connectivity index (χ3v) is 3.00. The molecular formula is C16H16N2O3. The maximum atomic E-state index is 10.9. The quantitative estimate of drug-likeness (QED) is 0.594. The molecule has 5 nitrogen and oxygen atoms in total. The summed E-state index contributed by atoms with van der Waals surface area (Å²) in [5, 5.41) is 22.9. The van der Waals surface area contributed by atoms with Crippen LogP contribution in [0.25, 0.3) is 0 Å². The van der Waals surface area contributed by atoms with Gasteiger partial charge in [-0.3, -0.25) is 5.43 Å². The standard InChI is InChI=1S/C16H16N2O3/c1-10-6-7-15(19)14(8-10)11(2)17-18-13-5-3-4-12(9-13)16(20)21/h3-9,18-19H,1-2H3,(H,20,21). The Morgan fingerprint density at radius 3 is 2.67 bits per heavy atom. The number of carbonyl (C=O) groups is 1. The molecule has 2 rings (SSSR count). The van der Waals surface area contributed by atoms with Crippen molar-refractivity contribution in [2.24, 2.45) is 5.10 Å². The normalized spacial score (nSPS) is 11.2. The van der Waals surface area contributed by atoms with Crippen molar-refractivity contribution in [1.29, 1.82) is 0 Å². The van der Waals surface area contributed by atoms with E-state index in [-0.39, 0.29) is 11.3 Å². The number of hydrogen-bond donors (Lipinski definition) is 3. The number of aromatic carboxylic acids is 1. The lowest BCUT2D eigenvalue weighted by atomic mass is 10.1. The number of hydrogen-bond acceptors (Lipinski definition) is 4. The molecule has 0 spiro atoms. The lowest BCUT2D eigenvalue weighted by molar-refractivity contribution is 0.0697. The van der Waals surface area contributed by atoms with E-state index in [0.29, 0.717) is 17.0 Å². The van der Waals surface area contributed by atoms with E-state index >= 15 is 0 Å². The number of nitrogens with one attached hydrogen (secondary N) is 1. The number of nitrogens with zero attached hydrogens (tertiary/aromatic N) is 1. The van der Waals surface area contributed by atoms with Gasteiger partial charge in [0.1, 0.15) is 5.75 Å². The number of carboxylic acids is 1. The Hall–Kier alpha value is -2.82. The van der Waals surface area contributed by atoms with Crippen LogP contribution in [0.5, 0.6) is 5.75 Å². The molecule has 0 atom stereocenters. The van der Waals surface area contributed by atoms with Gasteiger partial charge in [0.25, 0.3) is 0 Å². The second kappa shape index (κ2) is 6.09. The molecule has 0 aromatic heterocycles. The van der Waals surface area contributed by atoms with Crippen LogP contribution in [0.3, 0.4) is 0 Å². The summed E-state index contributed by atoms with van der Waals surface area (Å²) < 4.78 is 0. The summed E-state index contributed by atoms with van der Waals surface area (Å²) in [6, 6.07) is 11.6. The van der Waals surface area contributed by atoms with Gasteiger partial charge in [-0.25, -0.2) is 4.79 Å². The molecule has 0 saturated heterocycles. The first-order valence-electron chi connectivity index (χ1n) is 6.41. The number of hydrazone groups is 1. The highest BCUT2D eigenvalue weighted by atomic mass is 16.4. The average Bonchev–Trinajstić information content (AvgIpc) is 2.47. The molecule has 0 fully saturated rings. The van der Waals surface area contributed by atoms with E-state index in [2.05, 4.69) is 10.5 Å². The predicted molar refractivity (Wildman–Crippen MR) is 82.1 cm³/mol. The monoisotopic (exact) mass is 284 g/mol. The zero-order valence-electron chi connectivity index (χ0n) is 11.8. The third-order valence-electron chi connectivity index (χ3n) is 3.00. The van der Waals surface area contributed by atoms with Crippen LogP contribution in [-0.4, -0.2) is 21.9 Å². The molecule has 108 valence electrons. The maximum absolute atomic E-state index is 10.9. The number of benzene rings is 2. The highest BCUT2D eigenvalue weighted by molar-refractivity contribution is 6.01. The Balaban J connectivity index is 2.22. The van der Waals surface area contributed by atoms with Crippen molar-refractivity contribution in [2.45, 2.75) is 13.8 Å². The molecule has 0 aliphatic rings. The number of aromatic hydroxyl groups is 1. The molecule has 0 bridgehead atoms. The largest absolute Gasteiger partial charge is 0.507 e. The average molecular weight is 284 g/mol. The minimum absolute atomic E-state index is 0.155. The number of phenols is 1.